The van der Waals surface area contributed by atoms with Gasteiger partial charge in [-0.05, 0) is 105 Å². The van der Waals surface area contributed by atoms with Crippen LogP contribution in [0.2, 0.25) is 0 Å². The molecule has 4 atom stereocenters. The van der Waals surface area contributed by atoms with Gasteiger partial charge in [-0.25, -0.2) is 48.7 Å². The average molecular weight is 1150 g/mol. The predicted octanol–water partition coefficient (Wildman–Crippen LogP) is 8.70. The number of hydrogen-bond acceptors (Lipinski definition) is 14. The number of pyridine rings is 2. The average Bonchev–Trinajstić information content (AvgIpc) is 4.28. The minimum atomic E-state index is -1.18. The summed E-state index contributed by atoms with van der Waals surface area (Å²) >= 11 is 6.66. The molecule has 12 rings (SSSR count). The molecule has 20 nitrogen and oxygen atoms in total. The number of ketones is 2. The van der Waals surface area contributed by atoms with Crippen LogP contribution in [-0.4, -0.2) is 128 Å². The van der Waals surface area contributed by atoms with Crippen molar-refractivity contribution in [1.82, 2.24) is 79.2 Å². The molecule has 2 amide bonds. The van der Waals surface area contributed by atoms with Gasteiger partial charge in [-0.15, -0.1) is 0 Å². The zero-order chi connectivity index (χ0) is 53.1. The lowest BCUT2D eigenvalue weighted by Crippen LogP contribution is -2.34. The van der Waals surface area contributed by atoms with Crippen LogP contribution in [-0.2, 0) is 22.7 Å². The Bertz CT molecular complexity index is 3680. The molecule has 2 aliphatic heterocycles. The van der Waals surface area contributed by atoms with Crippen LogP contribution in [0.4, 0.5) is 8.78 Å². The number of likely N-dealkylation sites (tertiary alicyclic amines) is 2. The maximum Gasteiger partial charge on any atom is 0.245 e. The van der Waals surface area contributed by atoms with Crippen LogP contribution >= 0.6 is 31.9 Å². The van der Waals surface area contributed by atoms with Gasteiger partial charge < -0.3 is 19.8 Å². The molecule has 10 aromatic rings. The summed E-state index contributed by atoms with van der Waals surface area (Å²) in [5, 5.41) is 10.2. The van der Waals surface area contributed by atoms with E-state index in [0.29, 0.717) is 76.6 Å². The van der Waals surface area contributed by atoms with Crippen molar-refractivity contribution in [1.29, 1.82) is 0 Å². The van der Waals surface area contributed by atoms with Gasteiger partial charge in [0.2, 0.25) is 11.8 Å². The first-order chi connectivity index (χ1) is 36.5. The second kappa shape index (κ2) is 20.2. The standard InChI is InChI=1S/2C26H22BrFN8O2/c2*1-13(37)24-18-7-15(16-9-29-14(2)30-10-16)3-5-20(18)36(34-24)12-23(38)35-11-17(28)8-21(35)26-31-19-4-6-22(27)32-25(19)33-26/h2*3-7,9-10,17,21H,8,11-12H2,1-2H3,(H,31,32,33)/t17-,21+;17-,21-/m11/s1. The minimum Gasteiger partial charge on any atom is -0.339 e. The molecule has 384 valence electrons. The molecule has 0 spiro atoms. The third-order valence-corrected chi connectivity index (χ3v) is 14.3. The molecule has 76 heavy (non-hydrogen) atoms. The van der Waals surface area contributed by atoms with Crippen molar-refractivity contribution in [2.24, 2.45) is 0 Å². The summed E-state index contributed by atoms with van der Waals surface area (Å²) in [6.07, 6.45) is 4.78. The summed E-state index contributed by atoms with van der Waals surface area (Å²) in [5.41, 5.74) is 7.44. The van der Waals surface area contributed by atoms with E-state index in [4.69, 9.17) is 0 Å². The number of imidazole rings is 2. The first-order valence-corrected chi connectivity index (χ1v) is 25.6. The molecule has 2 aliphatic rings. The van der Waals surface area contributed by atoms with E-state index in [-0.39, 0.29) is 73.8 Å². The normalized spacial score (nSPS) is 17.5. The Balaban J connectivity index is 0.000000162. The summed E-state index contributed by atoms with van der Waals surface area (Å²) in [7, 11) is 0. The van der Waals surface area contributed by atoms with Crippen molar-refractivity contribution in [3.63, 3.8) is 0 Å². The number of halogens is 4. The Morgan fingerprint density at radius 3 is 1.34 bits per heavy atom. The van der Waals surface area contributed by atoms with Crippen molar-refractivity contribution >= 4 is 99.4 Å². The van der Waals surface area contributed by atoms with Gasteiger partial charge in [-0.2, -0.15) is 10.2 Å². The Kier molecular flexibility index (Phi) is 13.3. The van der Waals surface area contributed by atoms with Gasteiger partial charge in [0.15, 0.2) is 22.9 Å². The number of aromatic amines is 2. The molecule has 24 heteroatoms. The SMILES string of the molecule is CC(=O)c1nn(CC(=O)N2C[C@H](F)C[C@@H]2c2nc3nc(Br)ccc3[nH]2)c2ccc(-c3cnc(C)nc3)cc12.CC(=O)c1nn(CC(=O)N2C[C@H](F)C[C@H]2c2nc3nc(Br)ccc3[nH]2)c2ccc(-c3cnc(C)nc3)cc12. The van der Waals surface area contributed by atoms with Crippen LogP contribution in [0.15, 0.2) is 94.7 Å². The lowest BCUT2D eigenvalue weighted by atomic mass is 10.0. The van der Waals surface area contributed by atoms with Crippen molar-refractivity contribution in [2.75, 3.05) is 13.1 Å². The zero-order valence-corrected chi connectivity index (χ0v) is 44.2. The maximum absolute atomic E-state index is 14.6. The fourth-order valence-corrected chi connectivity index (χ4v) is 10.3. The van der Waals surface area contributed by atoms with Gasteiger partial charge in [0.1, 0.15) is 69.3 Å². The number of fused-ring (bicyclic) bond motifs is 4. The van der Waals surface area contributed by atoms with Crippen molar-refractivity contribution < 1.29 is 28.0 Å². The first kappa shape index (κ1) is 50.1. The maximum atomic E-state index is 14.6. The number of carbonyl (C=O) groups is 4. The number of Topliss-reactive ketones (excluding diaryl/α,β-unsaturated/α-hetero) is 2. The van der Waals surface area contributed by atoms with E-state index in [0.717, 1.165) is 22.3 Å². The molecule has 10 heterocycles. The summed E-state index contributed by atoms with van der Waals surface area (Å²) in [6, 6.07) is 17.2. The number of nitrogens with one attached hydrogen (secondary N) is 2. The number of rotatable bonds is 10. The highest BCUT2D eigenvalue weighted by Crippen LogP contribution is 2.36. The Labute approximate surface area is 447 Å². The van der Waals surface area contributed by atoms with E-state index >= 15 is 0 Å². The highest BCUT2D eigenvalue weighted by molar-refractivity contribution is 9.10. The van der Waals surface area contributed by atoms with Gasteiger partial charge in [0, 0.05) is 73.4 Å². The van der Waals surface area contributed by atoms with Gasteiger partial charge in [-0.1, -0.05) is 12.1 Å². The van der Waals surface area contributed by atoms with Crippen LogP contribution in [0.1, 0.15) is 83.0 Å². The van der Waals surface area contributed by atoms with Crippen molar-refractivity contribution in [3.8, 4) is 22.3 Å². The van der Waals surface area contributed by atoms with Crippen LogP contribution < -0.4 is 0 Å². The van der Waals surface area contributed by atoms with Crippen molar-refractivity contribution in [3.05, 3.63) is 129 Å². The van der Waals surface area contributed by atoms with E-state index in [1.165, 1.54) is 33.0 Å². The van der Waals surface area contributed by atoms with E-state index in [1.54, 1.807) is 36.9 Å². The second-order valence-corrected chi connectivity index (χ2v) is 20.3. The minimum absolute atomic E-state index is 0.0476. The molecule has 2 fully saturated rings. The fourth-order valence-electron chi connectivity index (χ4n) is 9.73. The smallest absolute Gasteiger partial charge is 0.245 e. The summed E-state index contributed by atoms with van der Waals surface area (Å²) in [5.74, 6) is 1.21. The highest BCUT2D eigenvalue weighted by atomic mass is 79.9. The number of benzene rings is 2. The molecule has 0 unspecified atom stereocenters. The van der Waals surface area contributed by atoms with Crippen LogP contribution in [0, 0.1) is 13.8 Å². The molecule has 0 saturated carbocycles. The molecule has 0 aliphatic carbocycles. The molecule has 2 aromatic carbocycles. The topological polar surface area (TPSA) is 245 Å². The molecular formula is C52H44Br2F2N16O4. The first-order valence-electron chi connectivity index (χ1n) is 24.1. The lowest BCUT2D eigenvalue weighted by molar-refractivity contribution is -0.134. The van der Waals surface area contributed by atoms with Gasteiger partial charge in [0.05, 0.1) is 47.2 Å². The third kappa shape index (κ3) is 9.84. The lowest BCUT2D eigenvalue weighted by Gasteiger charge is -2.22. The largest absolute Gasteiger partial charge is 0.339 e. The molecule has 0 radical (unpaired) electrons. The Hall–Kier alpha value is -8.12. The van der Waals surface area contributed by atoms with E-state index < -0.39 is 24.4 Å². The van der Waals surface area contributed by atoms with Crippen LogP contribution in [0.25, 0.3) is 66.4 Å². The molecule has 0 bridgehead atoms. The van der Waals surface area contributed by atoms with Crippen LogP contribution in [0.5, 0.6) is 0 Å². The van der Waals surface area contributed by atoms with Gasteiger partial charge in [-0.3, -0.25) is 28.5 Å². The number of amides is 2. The number of hydrogen-bond donors (Lipinski definition) is 2. The van der Waals surface area contributed by atoms with E-state index in [9.17, 15) is 28.0 Å². The number of aryl methyl sites for hydroxylation is 2. The summed E-state index contributed by atoms with van der Waals surface area (Å²) in [4.78, 5) is 95.8. The van der Waals surface area contributed by atoms with Crippen molar-refractivity contribution in [2.45, 2.75) is 78.1 Å². The van der Waals surface area contributed by atoms with E-state index in [2.05, 4.69) is 91.9 Å². The Morgan fingerprint density at radius 1 is 0.566 bits per heavy atom. The molecule has 2 N–H and O–H groups in total. The number of alkyl halides is 2. The number of aromatic nitrogens is 14. The number of H-pyrrole nitrogens is 2. The van der Waals surface area contributed by atoms with Gasteiger partial charge >= 0.3 is 0 Å². The summed E-state index contributed by atoms with van der Waals surface area (Å²) in [6.45, 7) is 6.10. The number of nitrogens with zero attached hydrogens (tertiary/aromatic N) is 14. The Morgan fingerprint density at radius 2 is 0.961 bits per heavy atom. The van der Waals surface area contributed by atoms with E-state index in [1.807, 2.05) is 62.4 Å². The van der Waals surface area contributed by atoms with Gasteiger partial charge in [0.25, 0.3) is 0 Å². The van der Waals surface area contributed by atoms with Crippen LogP contribution in [0.3, 0.4) is 0 Å². The third-order valence-electron chi connectivity index (χ3n) is 13.4. The second-order valence-electron chi connectivity index (χ2n) is 18.7. The fraction of sp³-hybridized carbons (Fsp3) is 0.269. The number of carbonyl (C=O) groups excluding carboxylic acids is 4. The zero-order valence-electron chi connectivity index (χ0n) is 41.0. The quantitative estimate of drug-likeness (QED) is 0.0961. The molecular weight excluding hydrogens is 1110 g/mol. The molecule has 8 aromatic heterocycles. The highest BCUT2D eigenvalue weighted by Gasteiger charge is 2.40. The molecule has 2 saturated heterocycles. The summed E-state index contributed by atoms with van der Waals surface area (Å²) < 4.78 is 33.4. The predicted molar refractivity (Wildman–Crippen MR) is 282 cm³/mol. The monoisotopic (exact) mass is 1150 g/mol.